The second kappa shape index (κ2) is 8.10. The van der Waals surface area contributed by atoms with E-state index in [1.165, 1.54) is 12.1 Å². The highest BCUT2D eigenvalue weighted by Gasteiger charge is 2.18. The fraction of sp³-hybridized carbons (Fsp3) is 0.316. The Hall–Kier alpha value is -2.05. The summed E-state index contributed by atoms with van der Waals surface area (Å²) >= 11 is 5.98. The number of ether oxygens (including phenoxy) is 1. The average molecular weight is 396 g/mol. The third-order valence-corrected chi connectivity index (χ3v) is 5.53. The lowest BCUT2D eigenvalue weighted by Gasteiger charge is -2.19. The molecule has 0 aliphatic carbocycles. The molecular formula is C19H22ClNO4S. The van der Waals surface area contributed by atoms with Gasteiger partial charge in [0.2, 0.25) is 0 Å². The molecule has 0 aliphatic heterocycles. The average Bonchev–Trinajstić information content (AvgIpc) is 2.57. The number of carbonyl (C=O) groups excluding carboxylic acids is 1. The molecule has 0 spiro atoms. The Bertz CT molecular complexity index is 894. The van der Waals surface area contributed by atoms with Gasteiger partial charge in [-0.1, -0.05) is 23.7 Å². The van der Waals surface area contributed by atoms with Gasteiger partial charge in [0.05, 0.1) is 10.9 Å². The lowest BCUT2D eigenvalue weighted by Crippen LogP contribution is -2.37. The zero-order valence-corrected chi connectivity index (χ0v) is 16.7. The van der Waals surface area contributed by atoms with Crippen LogP contribution >= 0.6 is 11.6 Å². The Kier molecular flexibility index (Phi) is 6.31. The normalized spacial score (nSPS) is 13.7. The highest BCUT2D eigenvalue weighted by Crippen LogP contribution is 2.22. The molecule has 0 aromatic heterocycles. The summed E-state index contributed by atoms with van der Waals surface area (Å²) in [5.41, 5.74) is 1.68. The van der Waals surface area contributed by atoms with Gasteiger partial charge >= 0.3 is 0 Å². The van der Waals surface area contributed by atoms with Gasteiger partial charge in [0.1, 0.15) is 5.75 Å². The van der Waals surface area contributed by atoms with Crippen LogP contribution in [0.5, 0.6) is 5.75 Å². The van der Waals surface area contributed by atoms with Crippen LogP contribution in [0.25, 0.3) is 0 Å². The standard InChI is InChI=1S/C19H22ClNO4S/c1-12-11-16(7-10-18(12)20)25-14(3)19(22)21-13(2)15-5-8-17(9-6-15)26(4,23)24/h5-11,13-14H,1-4H3,(H,21,22)/t13-,14-/m1/s1. The van der Waals surface area contributed by atoms with Gasteiger partial charge in [-0.15, -0.1) is 0 Å². The number of rotatable bonds is 6. The van der Waals surface area contributed by atoms with Crippen molar-refractivity contribution in [3.8, 4) is 5.75 Å². The van der Waals surface area contributed by atoms with E-state index in [1.807, 2.05) is 13.8 Å². The molecule has 2 atom stereocenters. The molecule has 0 fully saturated rings. The molecule has 2 aromatic rings. The molecule has 0 unspecified atom stereocenters. The molecule has 26 heavy (non-hydrogen) atoms. The fourth-order valence-electron chi connectivity index (χ4n) is 2.37. The maximum atomic E-state index is 12.4. The van der Waals surface area contributed by atoms with E-state index in [-0.39, 0.29) is 16.8 Å². The third-order valence-electron chi connectivity index (χ3n) is 3.98. The number of aryl methyl sites for hydroxylation is 1. The Labute approximate surface area is 159 Å². The number of hydrogen-bond acceptors (Lipinski definition) is 4. The number of carbonyl (C=O) groups is 1. The van der Waals surface area contributed by atoms with Crippen LogP contribution in [0.15, 0.2) is 47.4 Å². The molecule has 2 rings (SSSR count). The van der Waals surface area contributed by atoms with E-state index in [0.29, 0.717) is 10.8 Å². The molecule has 2 aromatic carbocycles. The van der Waals surface area contributed by atoms with E-state index in [2.05, 4.69) is 5.32 Å². The molecule has 0 radical (unpaired) electrons. The minimum absolute atomic E-state index is 0.245. The van der Waals surface area contributed by atoms with E-state index in [1.54, 1.807) is 37.3 Å². The van der Waals surface area contributed by atoms with Gasteiger partial charge in [-0.05, 0) is 62.2 Å². The first-order valence-electron chi connectivity index (χ1n) is 8.11. The predicted octanol–water partition coefficient (Wildman–Crippen LogP) is 3.70. The zero-order chi connectivity index (χ0) is 19.5. The molecule has 0 bridgehead atoms. The second-order valence-electron chi connectivity index (χ2n) is 6.24. The van der Waals surface area contributed by atoms with E-state index in [9.17, 15) is 13.2 Å². The molecule has 0 saturated carbocycles. The summed E-state index contributed by atoms with van der Waals surface area (Å²) in [7, 11) is -3.24. The predicted molar refractivity (Wildman–Crippen MR) is 102 cm³/mol. The minimum Gasteiger partial charge on any atom is -0.481 e. The van der Waals surface area contributed by atoms with Gasteiger partial charge in [-0.25, -0.2) is 8.42 Å². The minimum atomic E-state index is -3.24. The van der Waals surface area contributed by atoms with Crippen molar-refractivity contribution in [2.75, 3.05) is 6.26 Å². The molecule has 140 valence electrons. The SMILES string of the molecule is Cc1cc(O[C@H](C)C(=O)N[C@H](C)c2ccc(S(C)(=O)=O)cc2)ccc1Cl. The monoisotopic (exact) mass is 395 g/mol. The maximum absolute atomic E-state index is 12.4. The van der Waals surface area contributed by atoms with Gasteiger partial charge in [0, 0.05) is 11.3 Å². The van der Waals surface area contributed by atoms with Crippen LogP contribution in [0.2, 0.25) is 5.02 Å². The van der Waals surface area contributed by atoms with Crippen LogP contribution in [-0.4, -0.2) is 26.7 Å². The lowest BCUT2D eigenvalue weighted by molar-refractivity contribution is -0.127. The second-order valence-corrected chi connectivity index (χ2v) is 8.67. The number of halogens is 1. The Morgan fingerprint density at radius 1 is 1.12 bits per heavy atom. The molecule has 0 aliphatic rings. The van der Waals surface area contributed by atoms with Gasteiger partial charge < -0.3 is 10.1 Å². The smallest absolute Gasteiger partial charge is 0.261 e. The number of benzene rings is 2. The fourth-order valence-corrected chi connectivity index (χ4v) is 3.11. The number of sulfone groups is 1. The summed E-state index contributed by atoms with van der Waals surface area (Å²) in [6.45, 7) is 5.35. The summed E-state index contributed by atoms with van der Waals surface area (Å²) < 4.78 is 28.7. The Morgan fingerprint density at radius 2 is 1.73 bits per heavy atom. The third kappa shape index (κ3) is 5.22. The molecule has 0 heterocycles. The van der Waals surface area contributed by atoms with E-state index < -0.39 is 15.9 Å². The molecule has 5 nitrogen and oxygen atoms in total. The molecule has 0 saturated heterocycles. The van der Waals surface area contributed by atoms with E-state index >= 15 is 0 Å². The molecule has 7 heteroatoms. The van der Waals surface area contributed by atoms with Crippen molar-refractivity contribution in [2.24, 2.45) is 0 Å². The van der Waals surface area contributed by atoms with Crippen molar-refractivity contribution in [3.05, 3.63) is 58.6 Å². The number of hydrogen-bond donors (Lipinski definition) is 1. The quantitative estimate of drug-likeness (QED) is 0.809. The molecule has 1 amide bonds. The highest BCUT2D eigenvalue weighted by molar-refractivity contribution is 7.90. The summed E-state index contributed by atoms with van der Waals surface area (Å²) in [6, 6.07) is 11.4. The highest BCUT2D eigenvalue weighted by atomic mass is 35.5. The summed E-state index contributed by atoms with van der Waals surface area (Å²) in [5, 5.41) is 3.50. The Morgan fingerprint density at radius 3 is 2.27 bits per heavy atom. The first kappa shape index (κ1) is 20.3. The van der Waals surface area contributed by atoms with Crippen LogP contribution in [0, 0.1) is 6.92 Å². The largest absolute Gasteiger partial charge is 0.481 e. The van der Waals surface area contributed by atoms with Crippen LogP contribution in [-0.2, 0) is 14.6 Å². The van der Waals surface area contributed by atoms with Crippen LogP contribution < -0.4 is 10.1 Å². The van der Waals surface area contributed by atoms with Crippen LogP contribution in [0.4, 0.5) is 0 Å². The molecular weight excluding hydrogens is 374 g/mol. The van der Waals surface area contributed by atoms with Gasteiger partial charge in [-0.3, -0.25) is 4.79 Å². The Balaban J connectivity index is 2.00. The van der Waals surface area contributed by atoms with E-state index in [4.69, 9.17) is 16.3 Å². The maximum Gasteiger partial charge on any atom is 0.261 e. The first-order valence-corrected chi connectivity index (χ1v) is 10.4. The summed E-state index contributed by atoms with van der Waals surface area (Å²) in [5.74, 6) is 0.303. The number of nitrogens with one attached hydrogen (secondary N) is 1. The van der Waals surface area contributed by atoms with Crippen LogP contribution in [0.1, 0.15) is 31.0 Å². The van der Waals surface area contributed by atoms with Crippen molar-refractivity contribution in [2.45, 2.75) is 37.8 Å². The van der Waals surface area contributed by atoms with Gasteiger partial charge in [0.15, 0.2) is 15.9 Å². The van der Waals surface area contributed by atoms with Gasteiger partial charge in [-0.2, -0.15) is 0 Å². The van der Waals surface area contributed by atoms with Crippen molar-refractivity contribution >= 4 is 27.3 Å². The van der Waals surface area contributed by atoms with E-state index in [0.717, 1.165) is 17.4 Å². The number of amides is 1. The van der Waals surface area contributed by atoms with Crippen molar-refractivity contribution in [1.82, 2.24) is 5.32 Å². The first-order chi connectivity index (χ1) is 12.1. The molecule has 1 N–H and O–H groups in total. The topological polar surface area (TPSA) is 72.5 Å². The summed E-state index contributed by atoms with van der Waals surface area (Å²) in [6.07, 6.45) is 0.471. The zero-order valence-electron chi connectivity index (χ0n) is 15.1. The van der Waals surface area contributed by atoms with Crippen LogP contribution in [0.3, 0.4) is 0 Å². The van der Waals surface area contributed by atoms with Crippen molar-refractivity contribution in [3.63, 3.8) is 0 Å². The van der Waals surface area contributed by atoms with Crippen molar-refractivity contribution in [1.29, 1.82) is 0 Å². The van der Waals surface area contributed by atoms with Gasteiger partial charge in [0.25, 0.3) is 5.91 Å². The summed E-state index contributed by atoms with van der Waals surface area (Å²) in [4.78, 5) is 12.6. The lowest BCUT2D eigenvalue weighted by atomic mass is 10.1. The van der Waals surface area contributed by atoms with Crippen molar-refractivity contribution < 1.29 is 17.9 Å².